The van der Waals surface area contributed by atoms with Crippen molar-refractivity contribution in [3.63, 3.8) is 0 Å². The van der Waals surface area contributed by atoms with Crippen LogP contribution in [-0.2, 0) is 4.79 Å². The van der Waals surface area contributed by atoms with Gasteiger partial charge in [0.25, 0.3) is 0 Å². The van der Waals surface area contributed by atoms with Gasteiger partial charge >= 0.3 is 0 Å². The maximum absolute atomic E-state index is 11.8. The predicted molar refractivity (Wildman–Crippen MR) is 69.9 cm³/mol. The number of amides is 1. The van der Waals surface area contributed by atoms with Crippen molar-refractivity contribution in [2.24, 2.45) is 0 Å². The molecule has 1 aliphatic rings. The fourth-order valence-electron chi connectivity index (χ4n) is 1.86. The van der Waals surface area contributed by atoms with Crippen molar-refractivity contribution in [1.29, 1.82) is 0 Å². The number of rotatable bonds is 4. The largest absolute Gasteiger partial charge is 0.397 e. The minimum absolute atomic E-state index is 0.00467. The van der Waals surface area contributed by atoms with Crippen LogP contribution in [0.2, 0.25) is 0 Å². The molecule has 0 aliphatic heterocycles. The summed E-state index contributed by atoms with van der Waals surface area (Å²) in [6.45, 7) is 2.40. The van der Waals surface area contributed by atoms with Gasteiger partial charge in [0.1, 0.15) is 0 Å². The van der Waals surface area contributed by atoms with Gasteiger partial charge in [-0.3, -0.25) is 9.69 Å². The van der Waals surface area contributed by atoms with E-state index >= 15 is 0 Å². The number of nitrogens with one attached hydrogen (secondary N) is 1. The van der Waals surface area contributed by atoms with Crippen LogP contribution in [0.3, 0.4) is 0 Å². The van der Waals surface area contributed by atoms with Gasteiger partial charge in [0.2, 0.25) is 5.91 Å². The molecular formula is C13H19N3O. The molecule has 1 aliphatic carbocycles. The molecule has 2 rings (SSSR count). The van der Waals surface area contributed by atoms with Crippen LogP contribution in [0.1, 0.15) is 18.4 Å². The summed E-state index contributed by atoms with van der Waals surface area (Å²) >= 11 is 0. The van der Waals surface area contributed by atoms with Crippen molar-refractivity contribution >= 4 is 17.3 Å². The number of carbonyl (C=O) groups excluding carboxylic acids is 1. The third-order valence-corrected chi connectivity index (χ3v) is 3.04. The summed E-state index contributed by atoms with van der Waals surface area (Å²) in [6.07, 6.45) is 2.41. The van der Waals surface area contributed by atoms with Crippen LogP contribution in [0.25, 0.3) is 0 Å². The molecule has 1 fully saturated rings. The first-order chi connectivity index (χ1) is 8.06. The summed E-state index contributed by atoms with van der Waals surface area (Å²) in [4.78, 5) is 13.9. The summed E-state index contributed by atoms with van der Waals surface area (Å²) in [5.41, 5.74) is 8.25. The molecule has 4 heteroatoms. The van der Waals surface area contributed by atoms with Gasteiger partial charge in [-0.25, -0.2) is 0 Å². The van der Waals surface area contributed by atoms with Gasteiger partial charge in [0, 0.05) is 6.04 Å². The first-order valence-electron chi connectivity index (χ1n) is 5.92. The van der Waals surface area contributed by atoms with Gasteiger partial charge in [-0.15, -0.1) is 0 Å². The van der Waals surface area contributed by atoms with Gasteiger partial charge in [-0.2, -0.15) is 0 Å². The lowest BCUT2D eigenvalue weighted by molar-refractivity contribution is -0.117. The maximum Gasteiger partial charge on any atom is 0.238 e. The van der Waals surface area contributed by atoms with E-state index < -0.39 is 0 Å². The van der Waals surface area contributed by atoms with Crippen molar-refractivity contribution in [3.05, 3.63) is 23.8 Å². The Morgan fingerprint density at radius 1 is 1.53 bits per heavy atom. The molecule has 0 radical (unpaired) electrons. The summed E-state index contributed by atoms with van der Waals surface area (Å²) in [7, 11) is 1.98. The van der Waals surface area contributed by atoms with Gasteiger partial charge in [-0.1, -0.05) is 6.07 Å². The van der Waals surface area contributed by atoms with E-state index in [1.54, 1.807) is 0 Å². The second-order valence-corrected chi connectivity index (χ2v) is 4.79. The van der Waals surface area contributed by atoms with E-state index in [-0.39, 0.29) is 5.91 Å². The molecule has 0 spiro atoms. The Morgan fingerprint density at radius 3 is 2.82 bits per heavy atom. The zero-order valence-corrected chi connectivity index (χ0v) is 10.4. The number of carbonyl (C=O) groups is 1. The molecule has 1 amide bonds. The number of anilines is 2. The number of nitrogens with zero attached hydrogens (tertiary/aromatic N) is 1. The van der Waals surface area contributed by atoms with Crippen molar-refractivity contribution in [2.75, 3.05) is 24.6 Å². The van der Waals surface area contributed by atoms with E-state index in [4.69, 9.17) is 5.73 Å². The molecule has 0 atom stereocenters. The molecule has 0 unspecified atom stereocenters. The average Bonchev–Trinajstić information content (AvgIpc) is 3.05. The first kappa shape index (κ1) is 11.9. The second kappa shape index (κ2) is 4.75. The summed E-state index contributed by atoms with van der Waals surface area (Å²) in [6, 6.07) is 6.24. The van der Waals surface area contributed by atoms with E-state index in [1.165, 1.54) is 12.8 Å². The monoisotopic (exact) mass is 233 g/mol. The highest BCUT2D eigenvalue weighted by Gasteiger charge is 2.27. The standard InChI is InChI=1S/C13H19N3O/c1-9-3-6-12(11(14)7-9)15-13(17)8-16(2)10-4-5-10/h3,6-7,10H,4-5,8,14H2,1-2H3,(H,15,17). The van der Waals surface area contributed by atoms with Gasteiger partial charge < -0.3 is 11.1 Å². The lowest BCUT2D eigenvalue weighted by atomic mass is 10.2. The highest BCUT2D eigenvalue weighted by Crippen LogP contribution is 2.25. The third kappa shape index (κ3) is 3.20. The quantitative estimate of drug-likeness (QED) is 0.777. The highest BCUT2D eigenvalue weighted by atomic mass is 16.2. The first-order valence-corrected chi connectivity index (χ1v) is 5.92. The van der Waals surface area contributed by atoms with Crippen LogP contribution >= 0.6 is 0 Å². The number of nitrogen functional groups attached to an aromatic ring is 1. The van der Waals surface area contributed by atoms with Crippen LogP contribution in [0.5, 0.6) is 0 Å². The molecule has 0 bridgehead atoms. The number of benzene rings is 1. The topological polar surface area (TPSA) is 58.4 Å². The lowest BCUT2D eigenvalue weighted by Crippen LogP contribution is -2.31. The Hall–Kier alpha value is -1.55. The Kier molecular flexibility index (Phi) is 3.33. The Labute approximate surface area is 102 Å². The van der Waals surface area contributed by atoms with Crippen molar-refractivity contribution in [2.45, 2.75) is 25.8 Å². The second-order valence-electron chi connectivity index (χ2n) is 4.79. The van der Waals surface area contributed by atoms with Crippen LogP contribution in [0.15, 0.2) is 18.2 Å². The zero-order valence-electron chi connectivity index (χ0n) is 10.4. The van der Waals surface area contributed by atoms with Crippen LogP contribution in [0, 0.1) is 6.92 Å². The van der Waals surface area contributed by atoms with E-state index in [2.05, 4.69) is 10.2 Å². The number of likely N-dealkylation sites (N-methyl/N-ethyl adjacent to an activating group) is 1. The van der Waals surface area contributed by atoms with Crippen LogP contribution < -0.4 is 11.1 Å². The molecule has 1 aromatic carbocycles. The minimum Gasteiger partial charge on any atom is -0.397 e. The van der Waals surface area contributed by atoms with Gasteiger partial charge in [0.05, 0.1) is 17.9 Å². The molecule has 0 saturated heterocycles. The third-order valence-electron chi connectivity index (χ3n) is 3.04. The lowest BCUT2D eigenvalue weighted by Gasteiger charge is -2.15. The smallest absolute Gasteiger partial charge is 0.238 e. The van der Waals surface area contributed by atoms with Gasteiger partial charge in [0.15, 0.2) is 0 Å². The fraction of sp³-hybridized carbons (Fsp3) is 0.462. The Morgan fingerprint density at radius 2 is 2.24 bits per heavy atom. The van der Waals surface area contributed by atoms with Crippen LogP contribution in [0.4, 0.5) is 11.4 Å². The SMILES string of the molecule is Cc1ccc(NC(=O)CN(C)C2CC2)c(N)c1. The molecule has 4 nitrogen and oxygen atoms in total. The van der Waals surface area contributed by atoms with Crippen molar-refractivity contribution < 1.29 is 4.79 Å². The number of hydrogen-bond donors (Lipinski definition) is 2. The average molecular weight is 233 g/mol. The number of nitrogens with two attached hydrogens (primary N) is 1. The molecule has 1 saturated carbocycles. The minimum atomic E-state index is -0.00467. The molecule has 1 aromatic rings. The Bertz CT molecular complexity index is 427. The molecule has 92 valence electrons. The fourth-order valence-corrected chi connectivity index (χ4v) is 1.86. The van der Waals surface area contributed by atoms with E-state index in [1.807, 2.05) is 32.2 Å². The van der Waals surface area contributed by atoms with Crippen molar-refractivity contribution in [1.82, 2.24) is 4.90 Å². The zero-order chi connectivity index (χ0) is 12.4. The summed E-state index contributed by atoms with van der Waals surface area (Å²) in [5.74, 6) is -0.00467. The summed E-state index contributed by atoms with van der Waals surface area (Å²) in [5, 5.41) is 2.85. The summed E-state index contributed by atoms with van der Waals surface area (Å²) < 4.78 is 0. The normalized spacial score (nSPS) is 15.0. The molecule has 17 heavy (non-hydrogen) atoms. The van der Waals surface area contributed by atoms with E-state index in [0.717, 1.165) is 5.56 Å². The molecule has 3 N–H and O–H groups in total. The van der Waals surface area contributed by atoms with Gasteiger partial charge in [-0.05, 0) is 44.5 Å². The van der Waals surface area contributed by atoms with E-state index in [0.29, 0.717) is 24.0 Å². The maximum atomic E-state index is 11.8. The molecule has 0 aromatic heterocycles. The predicted octanol–water partition coefficient (Wildman–Crippen LogP) is 1.61. The van der Waals surface area contributed by atoms with Crippen LogP contribution in [-0.4, -0.2) is 30.4 Å². The van der Waals surface area contributed by atoms with Crippen molar-refractivity contribution in [3.8, 4) is 0 Å². The molecule has 0 heterocycles. The van der Waals surface area contributed by atoms with E-state index in [9.17, 15) is 4.79 Å². The highest BCUT2D eigenvalue weighted by molar-refractivity contribution is 5.95. The molecular weight excluding hydrogens is 214 g/mol. The number of hydrogen-bond acceptors (Lipinski definition) is 3. The Balaban J connectivity index is 1.92. The number of aryl methyl sites for hydroxylation is 1.